The Kier molecular flexibility index (Phi) is 8.69. The standard InChI is InChI=1S/C26H27NO5/c1-3-4-14-21(29-2)17-11-18-24-27-23(19-20-12-7-5-8-13-20)25(31-24)32-26(28)30-22-15-9-6-10-16-22/h5-17H,3-4,18-19H2,1-2H3/b17-11-,21-14+. The molecule has 0 amide bonds. The van der Waals surface area contributed by atoms with Crippen molar-refractivity contribution in [2.75, 3.05) is 7.11 Å². The molecule has 0 spiro atoms. The minimum atomic E-state index is -0.882. The predicted molar refractivity (Wildman–Crippen MR) is 122 cm³/mol. The van der Waals surface area contributed by atoms with Gasteiger partial charge in [-0.25, -0.2) is 9.78 Å². The molecule has 0 N–H and O–H groups in total. The second-order valence-corrected chi connectivity index (χ2v) is 6.98. The monoisotopic (exact) mass is 433 g/mol. The number of aromatic nitrogens is 1. The molecule has 2 aromatic carbocycles. The Labute approximate surface area is 188 Å². The van der Waals surface area contributed by atoms with E-state index >= 15 is 0 Å². The van der Waals surface area contributed by atoms with Crippen LogP contribution in [-0.2, 0) is 17.6 Å². The first-order valence-electron chi connectivity index (χ1n) is 10.6. The number of benzene rings is 2. The molecule has 0 bridgehead atoms. The molecule has 32 heavy (non-hydrogen) atoms. The number of hydrogen-bond donors (Lipinski definition) is 0. The summed E-state index contributed by atoms with van der Waals surface area (Å²) in [5.74, 6) is 1.63. The number of carbonyl (C=O) groups is 1. The number of carbonyl (C=O) groups excluding carboxylic acids is 1. The Hall–Kier alpha value is -3.80. The van der Waals surface area contributed by atoms with E-state index in [9.17, 15) is 4.79 Å². The summed E-state index contributed by atoms with van der Waals surface area (Å²) < 4.78 is 21.7. The van der Waals surface area contributed by atoms with Gasteiger partial charge >= 0.3 is 12.1 Å². The third kappa shape index (κ3) is 7.16. The molecule has 166 valence electrons. The van der Waals surface area contributed by atoms with Crippen LogP contribution in [0.3, 0.4) is 0 Å². The zero-order chi connectivity index (χ0) is 22.6. The maximum atomic E-state index is 12.3. The minimum absolute atomic E-state index is 0.0340. The molecule has 1 heterocycles. The van der Waals surface area contributed by atoms with Gasteiger partial charge in [0.2, 0.25) is 5.89 Å². The summed E-state index contributed by atoms with van der Waals surface area (Å²) in [7, 11) is 1.64. The number of para-hydroxylation sites is 1. The number of rotatable bonds is 10. The van der Waals surface area contributed by atoms with E-state index in [0.717, 1.165) is 24.2 Å². The van der Waals surface area contributed by atoms with Crippen molar-refractivity contribution in [3.63, 3.8) is 0 Å². The molecule has 1 aromatic heterocycles. The number of nitrogens with zero attached hydrogens (tertiary/aromatic N) is 1. The molecule has 0 unspecified atom stereocenters. The van der Waals surface area contributed by atoms with Gasteiger partial charge in [-0.15, -0.1) is 0 Å². The van der Waals surface area contributed by atoms with Gasteiger partial charge in [0, 0.05) is 12.8 Å². The van der Waals surface area contributed by atoms with Crippen molar-refractivity contribution in [1.82, 2.24) is 4.98 Å². The van der Waals surface area contributed by atoms with Crippen LogP contribution in [0.5, 0.6) is 11.7 Å². The summed E-state index contributed by atoms with van der Waals surface area (Å²) in [5, 5.41) is 0. The maximum absolute atomic E-state index is 12.3. The van der Waals surface area contributed by atoms with E-state index in [0.29, 0.717) is 30.2 Å². The van der Waals surface area contributed by atoms with Gasteiger partial charge in [0.25, 0.3) is 0 Å². The fourth-order valence-corrected chi connectivity index (χ4v) is 2.92. The molecule has 0 aliphatic heterocycles. The van der Waals surface area contributed by atoms with E-state index < -0.39 is 6.16 Å². The highest BCUT2D eigenvalue weighted by Crippen LogP contribution is 2.25. The molecule has 0 atom stereocenters. The van der Waals surface area contributed by atoms with Crippen molar-refractivity contribution in [3.05, 3.63) is 102 Å². The van der Waals surface area contributed by atoms with Gasteiger partial charge in [0.1, 0.15) is 17.2 Å². The highest BCUT2D eigenvalue weighted by molar-refractivity contribution is 5.66. The van der Waals surface area contributed by atoms with Crippen LogP contribution in [0.4, 0.5) is 4.79 Å². The average Bonchev–Trinajstić information content (AvgIpc) is 3.18. The lowest BCUT2D eigenvalue weighted by atomic mass is 10.1. The van der Waals surface area contributed by atoms with Gasteiger partial charge in [0.15, 0.2) is 0 Å². The second kappa shape index (κ2) is 12.2. The SMILES string of the molecule is CCC/C=C(\C=C/Cc1nc(Cc2ccccc2)c(OC(=O)Oc2ccccc2)o1)OC. The van der Waals surface area contributed by atoms with Crippen LogP contribution in [0.1, 0.15) is 36.9 Å². The fourth-order valence-electron chi connectivity index (χ4n) is 2.92. The van der Waals surface area contributed by atoms with Crippen LogP contribution in [-0.4, -0.2) is 18.2 Å². The number of hydrogen-bond acceptors (Lipinski definition) is 6. The lowest BCUT2D eigenvalue weighted by molar-refractivity contribution is 0.139. The van der Waals surface area contributed by atoms with E-state index in [1.165, 1.54) is 0 Å². The molecule has 0 saturated heterocycles. The summed E-state index contributed by atoms with van der Waals surface area (Å²) in [5.41, 5.74) is 1.55. The molecule has 6 heteroatoms. The first-order valence-corrected chi connectivity index (χ1v) is 10.6. The summed E-state index contributed by atoms with van der Waals surface area (Å²) >= 11 is 0. The number of methoxy groups -OCH3 is 1. The number of unbranched alkanes of at least 4 members (excludes halogenated alkanes) is 1. The molecule has 0 fully saturated rings. The zero-order valence-corrected chi connectivity index (χ0v) is 18.3. The van der Waals surface area contributed by atoms with Gasteiger partial charge in [-0.2, -0.15) is 0 Å². The minimum Gasteiger partial charge on any atom is -0.497 e. The number of oxazole rings is 1. The molecule has 0 aliphatic rings. The van der Waals surface area contributed by atoms with Crippen LogP contribution in [0.15, 0.2) is 89.1 Å². The van der Waals surface area contributed by atoms with Crippen LogP contribution < -0.4 is 9.47 Å². The van der Waals surface area contributed by atoms with Gasteiger partial charge in [-0.05, 0) is 36.3 Å². The molecule has 0 radical (unpaired) electrons. The lowest BCUT2D eigenvalue weighted by Crippen LogP contribution is -2.14. The Morgan fingerprint density at radius 3 is 2.44 bits per heavy atom. The lowest BCUT2D eigenvalue weighted by Gasteiger charge is -2.04. The smallest absolute Gasteiger partial charge is 0.497 e. The first-order chi connectivity index (χ1) is 15.7. The molecule has 3 rings (SSSR count). The summed E-state index contributed by atoms with van der Waals surface area (Å²) in [4.78, 5) is 16.8. The highest BCUT2D eigenvalue weighted by atomic mass is 16.8. The van der Waals surface area contributed by atoms with E-state index in [4.69, 9.17) is 18.6 Å². The van der Waals surface area contributed by atoms with Gasteiger partial charge in [-0.3, -0.25) is 0 Å². The van der Waals surface area contributed by atoms with Crippen molar-refractivity contribution >= 4 is 6.16 Å². The van der Waals surface area contributed by atoms with E-state index in [1.807, 2.05) is 54.6 Å². The van der Waals surface area contributed by atoms with Crippen molar-refractivity contribution in [2.45, 2.75) is 32.6 Å². The van der Waals surface area contributed by atoms with E-state index in [-0.39, 0.29) is 5.95 Å². The van der Waals surface area contributed by atoms with Gasteiger partial charge in [0.05, 0.1) is 7.11 Å². The molecule has 3 aromatic rings. The Morgan fingerprint density at radius 2 is 1.75 bits per heavy atom. The van der Waals surface area contributed by atoms with Crippen molar-refractivity contribution in [2.24, 2.45) is 0 Å². The number of ether oxygens (including phenoxy) is 3. The normalized spacial score (nSPS) is 11.5. The van der Waals surface area contributed by atoms with Crippen molar-refractivity contribution < 1.29 is 23.4 Å². The van der Waals surface area contributed by atoms with E-state index in [1.54, 1.807) is 31.4 Å². The predicted octanol–water partition coefficient (Wildman–Crippen LogP) is 6.27. The molecule has 6 nitrogen and oxygen atoms in total. The Balaban J connectivity index is 1.74. The van der Waals surface area contributed by atoms with Crippen molar-refractivity contribution in [1.29, 1.82) is 0 Å². The van der Waals surface area contributed by atoms with Crippen LogP contribution >= 0.6 is 0 Å². The van der Waals surface area contributed by atoms with Crippen LogP contribution in [0, 0.1) is 0 Å². The molecular weight excluding hydrogens is 406 g/mol. The average molecular weight is 434 g/mol. The zero-order valence-electron chi connectivity index (χ0n) is 18.3. The van der Waals surface area contributed by atoms with E-state index in [2.05, 4.69) is 11.9 Å². The van der Waals surface area contributed by atoms with Crippen LogP contribution in [0.2, 0.25) is 0 Å². The number of allylic oxidation sites excluding steroid dienone is 3. The second-order valence-electron chi connectivity index (χ2n) is 6.98. The molecular formula is C26H27NO5. The van der Waals surface area contributed by atoms with Crippen LogP contribution in [0.25, 0.3) is 0 Å². The summed E-state index contributed by atoms with van der Waals surface area (Å²) in [6.45, 7) is 2.11. The quantitative estimate of drug-likeness (QED) is 0.162. The first kappa shape index (κ1) is 22.9. The third-order valence-corrected chi connectivity index (χ3v) is 4.49. The van der Waals surface area contributed by atoms with Gasteiger partial charge in [-0.1, -0.05) is 68.0 Å². The highest BCUT2D eigenvalue weighted by Gasteiger charge is 2.19. The summed E-state index contributed by atoms with van der Waals surface area (Å²) in [6, 6.07) is 18.5. The molecule has 0 aliphatic carbocycles. The van der Waals surface area contributed by atoms with Gasteiger partial charge < -0.3 is 18.6 Å². The Morgan fingerprint density at radius 1 is 1.03 bits per heavy atom. The fraction of sp³-hybridized carbons (Fsp3) is 0.231. The molecule has 0 saturated carbocycles. The van der Waals surface area contributed by atoms with Crippen molar-refractivity contribution in [3.8, 4) is 11.7 Å². The largest absolute Gasteiger partial charge is 0.521 e. The summed E-state index contributed by atoms with van der Waals surface area (Å²) in [6.07, 6.45) is 7.79. The topological polar surface area (TPSA) is 70.8 Å². The third-order valence-electron chi connectivity index (χ3n) is 4.49. The maximum Gasteiger partial charge on any atom is 0.521 e. The Bertz CT molecular complexity index is 1040.